The molecule has 199 valence electrons. The topological polar surface area (TPSA) is 36.9 Å². The maximum atomic E-state index is 13.0. The molecule has 0 aliphatic carbocycles. The molecule has 0 aromatic rings. The van der Waals surface area contributed by atoms with Crippen molar-refractivity contribution in [2.75, 3.05) is 0 Å². The summed E-state index contributed by atoms with van der Waals surface area (Å²) in [6.45, 7) is 1.31. The van der Waals surface area contributed by atoms with Gasteiger partial charge in [0, 0.05) is 6.92 Å². The fourth-order valence-electron chi connectivity index (χ4n) is 1.08. The zero-order valence-electron chi connectivity index (χ0n) is 14.0. The molecule has 0 rings (SSSR count). The molecule has 0 aliphatic heterocycles. The second kappa shape index (κ2) is 8.32. The van der Waals surface area contributed by atoms with E-state index in [1.807, 2.05) is 4.74 Å². The van der Waals surface area contributed by atoms with Gasteiger partial charge in [-0.1, -0.05) is 0 Å². The molecule has 0 bridgehead atoms. The molecule has 0 saturated heterocycles. The second-order valence-corrected chi connectivity index (χ2v) is 5.16. The van der Waals surface area contributed by atoms with E-state index in [2.05, 4.69) is 0 Å². The molecule has 0 atom stereocenters. The van der Waals surface area contributed by atoms with Crippen molar-refractivity contribution in [3.8, 4) is 0 Å². The van der Waals surface area contributed by atoms with E-state index >= 15 is 0 Å². The summed E-state index contributed by atoms with van der Waals surface area (Å²) in [6, 6.07) is 0. The van der Waals surface area contributed by atoms with Crippen LogP contribution in [0.5, 0.6) is 0 Å². The maximum Gasteiger partial charge on any atom is 0.483 e. The van der Waals surface area contributed by atoms with Crippen molar-refractivity contribution in [3.05, 3.63) is 6.92 Å². The molecular formula is C10H2F19O4. The van der Waals surface area contributed by atoms with Gasteiger partial charge in [-0.05, 0) is 0 Å². The molecule has 0 aliphatic rings. The highest BCUT2D eigenvalue weighted by atomic mass is 19.4. The van der Waals surface area contributed by atoms with Crippen LogP contribution in [0, 0.1) is 6.92 Å². The lowest BCUT2D eigenvalue weighted by Crippen LogP contribution is -2.60. The molecule has 0 fully saturated rings. The Labute approximate surface area is 166 Å². The fraction of sp³-hybridized carbons (Fsp3) is 0.900. The van der Waals surface area contributed by atoms with Gasteiger partial charge in [0.2, 0.25) is 0 Å². The van der Waals surface area contributed by atoms with E-state index in [-0.39, 0.29) is 0 Å². The average molecular weight is 547 g/mol. The SMILES string of the molecule is [CH2]C(F)(F)OC(F)(F)C(F)(F)OC(F)(F)C(F)(F)OC(F)(F)C(F)(F)OC(F)(F)C(F)(F)F. The van der Waals surface area contributed by atoms with Crippen LogP contribution in [0.1, 0.15) is 0 Å². The van der Waals surface area contributed by atoms with Crippen molar-refractivity contribution in [3.63, 3.8) is 0 Å². The minimum atomic E-state index is -7.72. The van der Waals surface area contributed by atoms with E-state index in [1.54, 1.807) is 0 Å². The van der Waals surface area contributed by atoms with E-state index in [1.165, 1.54) is 21.1 Å². The predicted molar refractivity (Wildman–Crippen MR) is 55.3 cm³/mol. The number of halogens is 19. The molecular weight excluding hydrogens is 545 g/mol. The zero-order chi connectivity index (χ0) is 27.3. The monoisotopic (exact) mass is 547 g/mol. The minimum absolute atomic E-state index is 1.26. The van der Waals surface area contributed by atoms with Crippen molar-refractivity contribution in [2.45, 2.75) is 55.0 Å². The van der Waals surface area contributed by atoms with Gasteiger partial charge >= 0.3 is 55.0 Å². The Bertz CT molecular complexity index is 677. The molecule has 0 heterocycles. The third-order valence-corrected chi connectivity index (χ3v) is 2.39. The molecule has 0 aromatic carbocycles. The molecule has 0 unspecified atom stereocenters. The summed E-state index contributed by atoms with van der Waals surface area (Å²) in [4.78, 5) is 0. The maximum absolute atomic E-state index is 13.0. The summed E-state index contributed by atoms with van der Waals surface area (Å²) < 4.78 is 244. The third-order valence-electron chi connectivity index (χ3n) is 2.39. The summed E-state index contributed by atoms with van der Waals surface area (Å²) >= 11 is 0. The van der Waals surface area contributed by atoms with Crippen molar-refractivity contribution in [1.82, 2.24) is 0 Å². The van der Waals surface area contributed by atoms with Crippen molar-refractivity contribution in [2.24, 2.45) is 0 Å². The molecule has 1 radical (unpaired) electrons. The van der Waals surface area contributed by atoms with Crippen molar-refractivity contribution in [1.29, 1.82) is 0 Å². The molecule has 23 heteroatoms. The number of hydrogen-bond acceptors (Lipinski definition) is 4. The van der Waals surface area contributed by atoms with E-state index in [0.717, 1.165) is 0 Å². The van der Waals surface area contributed by atoms with Crippen LogP contribution < -0.4 is 0 Å². The first-order valence-electron chi connectivity index (χ1n) is 6.58. The summed E-state index contributed by atoms with van der Waals surface area (Å²) in [5.41, 5.74) is 0. The first kappa shape index (κ1) is 31.5. The van der Waals surface area contributed by atoms with E-state index in [0.29, 0.717) is 0 Å². The van der Waals surface area contributed by atoms with Gasteiger partial charge in [0.1, 0.15) is 0 Å². The first-order chi connectivity index (χ1) is 13.8. The van der Waals surface area contributed by atoms with Crippen molar-refractivity contribution >= 4 is 0 Å². The number of alkyl halides is 19. The van der Waals surface area contributed by atoms with Gasteiger partial charge in [0.15, 0.2) is 0 Å². The van der Waals surface area contributed by atoms with E-state index in [4.69, 9.17) is 0 Å². The van der Waals surface area contributed by atoms with Crippen LogP contribution >= 0.6 is 0 Å². The molecule has 0 N–H and O–H groups in total. The number of hydrogen-bond donors (Lipinski definition) is 0. The first-order valence-corrected chi connectivity index (χ1v) is 6.58. The van der Waals surface area contributed by atoms with Crippen LogP contribution in [-0.4, -0.2) is 55.0 Å². The van der Waals surface area contributed by atoms with Crippen LogP contribution in [0.4, 0.5) is 83.4 Å². The Morgan fingerprint density at radius 3 is 0.667 bits per heavy atom. The Balaban J connectivity index is 5.90. The molecule has 0 spiro atoms. The van der Waals surface area contributed by atoms with Crippen LogP contribution in [0.15, 0.2) is 0 Å². The van der Waals surface area contributed by atoms with Gasteiger partial charge in [0.05, 0.1) is 0 Å². The van der Waals surface area contributed by atoms with Crippen LogP contribution in [0.25, 0.3) is 0 Å². The zero-order valence-corrected chi connectivity index (χ0v) is 14.0. The van der Waals surface area contributed by atoms with E-state index < -0.39 is 55.0 Å². The fourth-order valence-corrected chi connectivity index (χ4v) is 1.08. The number of ether oxygens (including phenoxy) is 4. The smallest absolute Gasteiger partial charge is 0.248 e. The second-order valence-electron chi connectivity index (χ2n) is 5.16. The Kier molecular flexibility index (Phi) is 7.94. The Morgan fingerprint density at radius 1 is 0.303 bits per heavy atom. The summed E-state index contributed by atoms with van der Waals surface area (Å²) in [7, 11) is 0. The highest BCUT2D eigenvalue weighted by Gasteiger charge is 2.78. The van der Waals surface area contributed by atoms with Gasteiger partial charge in [-0.15, -0.1) is 0 Å². The standard InChI is InChI=1S/C10H2F19O4/c1-2(11,12)30-5(18,19)6(20,21)32-9(26,27)10(28,29)33-8(24,25)7(22,23)31-4(16,17)3(13,14)15/h1H2. The van der Waals surface area contributed by atoms with Gasteiger partial charge in [0.25, 0.3) is 0 Å². The van der Waals surface area contributed by atoms with Crippen LogP contribution in [0.3, 0.4) is 0 Å². The summed E-state index contributed by atoms with van der Waals surface area (Å²) in [5.74, 6) is 0. The highest BCUT2D eigenvalue weighted by molar-refractivity contribution is 4.80. The average Bonchev–Trinajstić information content (AvgIpc) is 2.38. The predicted octanol–water partition coefficient (Wildman–Crippen LogP) is 6.19. The lowest BCUT2D eigenvalue weighted by Gasteiger charge is -2.35. The van der Waals surface area contributed by atoms with Gasteiger partial charge in [-0.25, -0.2) is 18.9 Å². The van der Waals surface area contributed by atoms with Crippen molar-refractivity contribution < 1.29 is 102 Å². The largest absolute Gasteiger partial charge is 0.483 e. The summed E-state index contributed by atoms with van der Waals surface area (Å²) in [5, 5.41) is 0. The lowest BCUT2D eigenvalue weighted by molar-refractivity contribution is -0.581. The Morgan fingerprint density at radius 2 is 0.485 bits per heavy atom. The highest BCUT2D eigenvalue weighted by Crippen LogP contribution is 2.52. The normalized spacial score (nSPS) is 16.4. The Hall–Kier alpha value is -1.49. The minimum Gasteiger partial charge on any atom is -0.248 e. The molecule has 4 nitrogen and oxygen atoms in total. The van der Waals surface area contributed by atoms with Gasteiger partial charge in [-0.3, -0.25) is 0 Å². The molecule has 33 heavy (non-hydrogen) atoms. The third kappa shape index (κ3) is 7.24. The summed E-state index contributed by atoms with van der Waals surface area (Å²) in [6.07, 6.45) is -65.1. The lowest BCUT2D eigenvalue weighted by atomic mass is 10.4. The molecule has 0 aromatic heterocycles. The van der Waals surface area contributed by atoms with Gasteiger partial charge < -0.3 is 0 Å². The van der Waals surface area contributed by atoms with E-state index in [9.17, 15) is 83.4 Å². The number of rotatable bonds is 11. The van der Waals surface area contributed by atoms with Gasteiger partial charge in [-0.2, -0.15) is 83.4 Å². The molecule has 0 saturated carbocycles. The van der Waals surface area contributed by atoms with Crippen LogP contribution in [-0.2, 0) is 18.9 Å². The quantitative estimate of drug-likeness (QED) is 0.290. The molecule has 0 amide bonds. The van der Waals surface area contributed by atoms with Crippen LogP contribution in [0.2, 0.25) is 0 Å².